The number of para-hydroxylation sites is 1. The largest absolute Gasteiger partial charge is 0.496 e. The van der Waals surface area contributed by atoms with E-state index in [0.29, 0.717) is 6.61 Å². The number of nitrogens with one attached hydrogen (secondary N) is 1. The topological polar surface area (TPSA) is 30.5 Å². The molecule has 0 aliphatic rings. The first kappa shape index (κ1) is 20.4. The summed E-state index contributed by atoms with van der Waals surface area (Å²) >= 11 is 3.57. The predicted molar refractivity (Wildman–Crippen MR) is 118 cm³/mol. The predicted octanol–water partition coefficient (Wildman–Crippen LogP) is 5.68. The molecule has 0 aliphatic carbocycles. The highest BCUT2D eigenvalue weighted by Crippen LogP contribution is 2.25. The molecule has 0 spiro atoms. The van der Waals surface area contributed by atoms with Crippen molar-refractivity contribution in [3.05, 3.63) is 93.5 Å². The molecule has 0 bridgehead atoms. The summed E-state index contributed by atoms with van der Waals surface area (Å²) in [6.45, 7) is 4.30. The van der Waals surface area contributed by atoms with Gasteiger partial charge in [0.1, 0.15) is 18.1 Å². The molecule has 1 N–H and O–H groups in total. The summed E-state index contributed by atoms with van der Waals surface area (Å²) < 4.78 is 12.6. The molecular formula is C24H26BrNO2. The molecule has 0 radical (unpaired) electrons. The molecule has 3 nitrogen and oxygen atoms in total. The van der Waals surface area contributed by atoms with Gasteiger partial charge in [0.2, 0.25) is 0 Å². The summed E-state index contributed by atoms with van der Waals surface area (Å²) in [4.78, 5) is 0. The average Bonchev–Trinajstić information content (AvgIpc) is 2.72. The molecule has 0 atom stereocenters. The Labute approximate surface area is 175 Å². The third-order valence-electron chi connectivity index (χ3n) is 4.75. The molecule has 0 amide bonds. The zero-order valence-corrected chi connectivity index (χ0v) is 18.0. The maximum atomic E-state index is 6.13. The summed E-state index contributed by atoms with van der Waals surface area (Å²) in [5.41, 5.74) is 4.81. The van der Waals surface area contributed by atoms with Gasteiger partial charge in [-0.25, -0.2) is 0 Å². The van der Waals surface area contributed by atoms with Crippen LogP contribution in [-0.2, 0) is 19.6 Å². The van der Waals surface area contributed by atoms with Crippen LogP contribution in [0.3, 0.4) is 0 Å². The SMILES string of the molecule is COc1ccccc1CCNCc1cc(Br)ccc1OCc1ccccc1C. The number of rotatable bonds is 9. The van der Waals surface area contributed by atoms with Gasteiger partial charge in [0.15, 0.2) is 0 Å². The summed E-state index contributed by atoms with van der Waals surface area (Å²) in [6.07, 6.45) is 0.914. The number of benzene rings is 3. The highest BCUT2D eigenvalue weighted by molar-refractivity contribution is 9.10. The number of methoxy groups -OCH3 is 1. The number of ether oxygens (including phenoxy) is 2. The minimum atomic E-state index is 0.572. The highest BCUT2D eigenvalue weighted by Gasteiger charge is 2.07. The lowest BCUT2D eigenvalue weighted by atomic mass is 10.1. The molecule has 28 heavy (non-hydrogen) atoms. The molecule has 0 fully saturated rings. The number of hydrogen-bond donors (Lipinski definition) is 1. The molecule has 146 valence electrons. The van der Waals surface area contributed by atoms with E-state index >= 15 is 0 Å². The Balaban J connectivity index is 1.59. The van der Waals surface area contributed by atoms with E-state index in [1.807, 2.05) is 36.4 Å². The van der Waals surface area contributed by atoms with E-state index in [9.17, 15) is 0 Å². The molecule has 0 saturated heterocycles. The van der Waals surface area contributed by atoms with Crippen molar-refractivity contribution in [2.75, 3.05) is 13.7 Å². The fourth-order valence-electron chi connectivity index (χ4n) is 3.11. The van der Waals surface area contributed by atoms with Gasteiger partial charge in [0, 0.05) is 16.6 Å². The number of aryl methyl sites for hydroxylation is 1. The van der Waals surface area contributed by atoms with Crippen molar-refractivity contribution >= 4 is 15.9 Å². The van der Waals surface area contributed by atoms with Crippen LogP contribution in [0.25, 0.3) is 0 Å². The van der Waals surface area contributed by atoms with Gasteiger partial charge < -0.3 is 14.8 Å². The van der Waals surface area contributed by atoms with Gasteiger partial charge in [-0.2, -0.15) is 0 Å². The van der Waals surface area contributed by atoms with E-state index in [4.69, 9.17) is 9.47 Å². The lowest BCUT2D eigenvalue weighted by Crippen LogP contribution is -2.17. The van der Waals surface area contributed by atoms with Crippen LogP contribution in [0.4, 0.5) is 0 Å². The van der Waals surface area contributed by atoms with Crippen molar-refractivity contribution in [3.8, 4) is 11.5 Å². The van der Waals surface area contributed by atoms with E-state index in [1.165, 1.54) is 16.7 Å². The van der Waals surface area contributed by atoms with Gasteiger partial charge in [-0.15, -0.1) is 0 Å². The zero-order valence-electron chi connectivity index (χ0n) is 16.4. The van der Waals surface area contributed by atoms with Crippen LogP contribution in [0.15, 0.2) is 71.2 Å². The van der Waals surface area contributed by atoms with Gasteiger partial charge in [-0.1, -0.05) is 58.4 Å². The summed E-state index contributed by atoms with van der Waals surface area (Å²) in [5.74, 6) is 1.85. The van der Waals surface area contributed by atoms with Gasteiger partial charge in [-0.3, -0.25) is 0 Å². The molecule has 0 saturated carbocycles. The lowest BCUT2D eigenvalue weighted by Gasteiger charge is -2.14. The van der Waals surface area contributed by atoms with Crippen LogP contribution < -0.4 is 14.8 Å². The maximum Gasteiger partial charge on any atom is 0.124 e. The molecule has 3 rings (SSSR count). The summed E-state index contributed by atoms with van der Waals surface area (Å²) in [5, 5.41) is 3.52. The molecule has 3 aromatic rings. The fraction of sp³-hybridized carbons (Fsp3) is 0.250. The third-order valence-corrected chi connectivity index (χ3v) is 5.24. The average molecular weight is 440 g/mol. The molecule has 0 aliphatic heterocycles. The van der Waals surface area contributed by atoms with E-state index in [1.54, 1.807) is 7.11 Å². The smallest absolute Gasteiger partial charge is 0.124 e. The van der Waals surface area contributed by atoms with Crippen molar-refractivity contribution in [2.45, 2.75) is 26.5 Å². The second kappa shape index (κ2) is 10.3. The highest BCUT2D eigenvalue weighted by atomic mass is 79.9. The first-order valence-corrected chi connectivity index (χ1v) is 10.2. The normalized spacial score (nSPS) is 10.7. The van der Waals surface area contributed by atoms with Gasteiger partial charge >= 0.3 is 0 Å². The van der Waals surface area contributed by atoms with E-state index in [2.05, 4.69) is 58.5 Å². The summed E-state index contributed by atoms with van der Waals surface area (Å²) in [6, 6.07) is 22.6. The molecule has 3 aromatic carbocycles. The van der Waals surface area contributed by atoms with Crippen molar-refractivity contribution in [1.29, 1.82) is 0 Å². The third kappa shape index (κ3) is 5.60. The second-order valence-corrected chi connectivity index (χ2v) is 7.62. The molecule has 0 aromatic heterocycles. The minimum Gasteiger partial charge on any atom is -0.496 e. The van der Waals surface area contributed by atoms with E-state index in [0.717, 1.165) is 41.0 Å². The van der Waals surface area contributed by atoms with Crippen LogP contribution >= 0.6 is 15.9 Å². The van der Waals surface area contributed by atoms with Gasteiger partial charge in [0.25, 0.3) is 0 Å². The monoisotopic (exact) mass is 439 g/mol. The lowest BCUT2D eigenvalue weighted by molar-refractivity contribution is 0.301. The fourth-order valence-corrected chi connectivity index (χ4v) is 3.52. The molecule has 0 unspecified atom stereocenters. The molecule has 0 heterocycles. The first-order valence-electron chi connectivity index (χ1n) is 9.45. The zero-order chi connectivity index (χ0) is 19.8. The van der Waals surface area contributed by atoms with Crippen LogP contribution in [0.1, 0.15) is 22.3 Å². The number of halogens is 1. The Morgan fingerprint density at radius 3 is 2.39 bits per heavy atom. The quantitative estimate of drug-likeness (QED) is 0.435. The van der Waals surface area contributed by atoms with Crippen molar-refractivity contribution in [1.82, 2.24) is 5.32 Å². The molecule has 4 heteroatoms. The van der Waals surface area contributed by atoms with Crippen LogP contribution in [0.2, 0.25) is 0 Å². The van der Waals surface area contributed by atoms with E-state index < -0.39 is 0 Å². The second-order valence-electron chi connectivity index (χ2n) is 6.71. The Hall–Kier alpha value is -2.30. The van der Waals surface area contributed by atoms with Gasteiger partial charge in [-0.05, 0) is 60.8 Å². The standard InChI is InChI=1S/C24H26BrNO2/c1-18-7-3-4-9-20(18)17-28-24-12-11-22(25)15-21(24)16-26-14-13-19-8-5-6-10-23(19)27-2/h3-12,15,26H,13-14,16-17H2,1-2H3. The van der Waals surface area contributed by atoms with Crippen molar-refractivity contribution in [2.24, 2.45) is 0 Å². The summed E-state index contributed by atoms with van der Waals surface area (Å²) in [7, 11) is 1.71. The van der Waals surface area contributed by atoms with Gasteiger partial charge in [0.05, 0.1) is 7.11 Å². The Kier molecular flexibility index (Phi) is 7.52. The van der Waals surface area contributed by atoms with Crippen molar-refractivity contribution < 1.29 is 9.47 Å². The minimum absolute atomic E-state index is 0.572. The van der Waals surface area contributed by atoms with Crippen LogP contribution in [0.5, 0.6) is 11.5 Å². The number of hydrogen-bond acceptors (Lipinski definition) is 3. The Morgan fingerprint density at radius 1 is 0.857 bits per heavy atom. The molecular weight excluding hydrogens is 414 g/mol. The van der Waals surface area contributed by atoms with Crippen LogP contribution in [-0.4, -0.2) is 13.7 Å². The Bertz CT molecular complexity index is 911. The Morgan fingerprint density at radius 2 is 1.61 bits per heavy atom. The first-order chi connectivity index (χ1) is 13.7. The maximum absolute atomic E-state index is 6.13. The van der Waals surface area contributed by atoms with E-state index in [-0.39, 0.29) is 0 Å². The van der Waals surface area contributed by atoms with Crippen LogP contribution in [0, 0.1) is 6.92 Å². The van der Waals surface area contributed by atoms with Crippen molar-refractivity contribution in [3.63, 3.8) is 0 Å².